The van der Waals surface area contributed by atoms with Crippen LogP contribution in [-0.2, 0) is 28.1 Å². The average molecular weight is 826 g/mol. The fraction of sp³-hybridized carbons (Fsp3) is 0.0526. The second-order valence-corrected chi connectivity index (χ2v) is 13.4. The molecule has 5 aromatic carbocycles. The zero-order valence-electron chi connectivity index (χ0n) is 25.4. The van der Waals surface area contributed by atoms with Gasteiger partial charge in [0, 0.05) is 48.4 Å². The molecule has 7 aromatic rings. The minimum absolute atomic E-state index is 0. The molecule has 0 unspecified atom stereocenters. The van der Waals surface area contributed by atoms with Crippen molar-refractivity contribution < 1.29 is 25.6 Å². The average Bonchev–Trinajstić information content (AvgIpc) is 3.72. The second-order valence-electron chi connectivity index (χ2n) is 11.2. The van der Waals surface area contributed by atoms with Gasteiger partial charge < -0.3 is 23.5 Å². The summed E-state index contributed by atoms with van der Waals surface area (Å²) in [4.78, 5) is 14.1. The van der Waals surface area contributed by atoms with Crippen molar-refractivity contribution in [3.8, 4) is 11.4 Å². The van der Waals surface area contributed by atoms with Gasteiger partial charge in [-0.3, -0.25) is 0 Å². The molecule has 2 aliphatic rings. The molecule has 6 nitrogen and oxygen atoms in total. The summed E-state index contributed by atoms with van der Waals surface area (Å²) in [6.07, 6.45) is 9.41. The van der Waals surface area contributed by atoms with Crippen LogP contribution in [0.2, 0.25) is 0 Å². The molecule has 0 saturated heterocycles. The van der Waals surface area contributed by atoms with E-state index in [0.717, 1.165) is 61.1 Å². The summed E-state index contributed by atoms with van der Waals surface area (Å²) in [7, 11) is 1.99. The summed E-state index contributed by atoms with van der Waals surface area (Å²) in [5.41, 5.74) is 8.18. The number of anilines is 6. The Labute approximate surface area is 296 Å². The first-order valence-electron chi connectivity index (χ1n) is 14.9. The molecule has 0 bridgehead atoms. The molecule has 232 valence electrons. The van der Waals surface area contributed by atoms with Crippen molar-refractivity contribution in [3.05, 3.63) is 146 Å². The maximum absolute atomic E-state index is 4.91. The van der Waals surface area contributed by atoms with E-state index >= 15 is 0 Å². The fourth-order valence-electron chi connectivity index (χ4n) is 6.11. The molecule has 0 saturated carbocycles. The summed E-state index contributed by atoms with van der Waals surface area (Å²) >= 11 is 3.54. The number of hydrogen-bond donors (Lipinski definition) is 0. The minimum Gasteiger partial charge on any atom is -0.357 e. The zero-order chi connectivity index (χ0) is 30.8. The molecule has 0 spiro atoms. The number of imidazole rings is 2. The second kappa shape index (κ2) is 11.9. The van der Waals surface area contributed by atoms with E-state index < -0.39 is 0 Å². The third kappa shape index (κ3) is 5.12. The number of aromatic nitrogens is 4. The Hall–Kier alpha value is -4.49. The van der Waals surface area contributed by atoms with E-state index in [1.54, 1.807) is 23.5 Å². The van der Waals surface area contributed by atoms with Crippen LogP contribution in [0.25, 0.3) is 11.4 Å². The van der Waals surface area contributed by atoms with Crippen molar-refractivity contribution in [2.24, 2.45) is 7.05 Å². The van der Waals surface area contributed by atoms with E-state index in [0.29, 0.717) is 0 Å². The predicted molar refractivity (Wildman–Crippen MR) is 183 cm³/mol. The molecule has 0 radical (unpaired) electrons. The topological polar surface area (TPSA) is 33.1 Å². The Balaban J connectivity index is 0.00000324. The van der Waals surface area contributed by atoms with Crippen molar-refractivity contribution in [3.63, 3.8) is 0 Å². The molecule has 0 aliphatic carbocycles. The van der Waals surface area contributed by atoms with Gasteiger partial charge in [0.1, 0.15) is 6.33 Å². The molecule has 0 fully saturated rings. The number of rotatable bonds is 4. The van der Waals surface area contributed by atoms with Crippen LogP contribution < -0.4 is 14.4 Å². The summed E-state index contributed by atoms with van der Waals surface area (Å²) in [6.45, 7) is 2.09. The fourth-order valence-corrected chi connectivity index (χ4v) is 8.16. The molecule has 0 amide bonds. The van der Waals surface area contributed by atoms with Gasteiger partial charge in [-0.1, -0.05) is 69.3 Å². The number of nitrogens with zero attached hydrogens (tertiary/aromatic N) is 6. The Morgan fingerprint density at radius 2 is 1.26 bits per heavy atom. The van der Waals surface area contributed by atoms with Gasteiger partial charge in [0.15, 0.2) is 5.82 Å². The molecule has 0 N–H and O–H groups in total. The molecule has 47 heavy (non-hydrogen) atoms. The van der Waals surface area contributed by atoms with Crippen molar-refractivity contribution in [2.75, 3.05) is 9.80 Å². The normalized spacial score (nSPS) is 12.9. The van der Waals surface area contributed by atoms with E-state index in [9.17, 15) is 0 Å². The number of aryl methyl sites for hydroxylation is 2. The first-order chi connectivity index (χ1) is 22.6. The molecule has 0 atom stereocenters. The zero-order valence-corrected chi connectivity index (χ0v) is 29.3. The van der Waals surface area contributed by atoms with Crippen LogP contribution in [-0.4, -0.2) is 14.1 Å². The first-order valence-corrected chi connectivity index (χ1v) is 16.6. The van der Waals surface area contributed by atoms with Gasteiger partial charge in [-0.25, -0.2) is 4.98 Å². The molecule has 4 heterocycles. The largest absolute Gasteiger partial charge is 0.357 e. The summed E-state index contributed by atoms with van der Waals surface area (Å²) in [6, 6.07) is 43.7. The van der Waals surface area contributed by atoms with E-state index in [4.69, 9.17) is 4.98 Å². The summed E-state index contributed by atoms with van der Waals surface area (Å²) in [5, 5.41) is 0. The van der Waals surface area contributed by atoms with Crippen LogP contribution in [0.15, 0.2) is 141 Å². The standard InChI is InChI=1S/C38H26N6S2.Pt/c1-26-22-40(2)25-42(26)28-16-18-36-32(20-28)43(30-12-6-8-14-34(30)45-36)29-17-19-37-33(21-29)44(31-13-7-9-15-35(31)46-37)38-23-41(24-39-38)27-10-4-3-5-11-27;/h3-19,22-24H,1-2H3;/q-2;. The number of para-hydroxylation sites is 3. The quantitative estimate of drug-likeness (QED) is 0.131. The summed E-state index contributed by atoms with van der Waals surface area (Å²) in [5.74, 6) is 0.835. The van der Waals surface area contributed by atoms with E-state index in [-0.39, 0.29) is 21.1 Å². The van der Waals surface area contributed by atoms with Crippen molar-refractivity contribution >= 4 is 57.8 Å². The van der Waals surface area contributed by atoms with E-state index in [1.807, 2.05) is 36.1 Å². The Bertz CT molecular complexity index is 2280. The monoisotopic (exact) mass is 825 g/mol. The maximum atomic E-state index is 4.91. The van der Waals surface area contributed by atoms with Gasteiger partial charge in [-0.05, 0) is 49.0 Å². The smallest absolute Gasteiger partial charge is 0.241 e. The SMILES string of the molecule is Cc1c[n+](C)[c-]n1-c1[c-]c2c(cc1)Sc1ccccc1N2c1[c-]c2c(cc1)Sc1ccccc1N2c1cn(-c2ccccc2)cn1.[Pt]. The molecule has 2 aromatic heterocycles. The van der Waals surface area contributed by atoms with Crippen LogP contribution in [0.5, 0.6) is 0 Å². The Morgan fingerprint density at radius 1 is 0.660 bits per heavy atom. The molecular formula is C38H26N6PtS2-2. The van der Waals surface area contributed by atoms with E-state index in [2.05, 4.69) is 142 Å². The van der Waals surface area contributed by atoms with Crippen molar-refractivity contribution in [1.82, 2.24) is 14.1 Å². The van der Waals surface area contributed by atoms with Crippen molar-refractivity contribution in [1.29, 1.82) is 0 Å². The third-order valence-corrected chi connectivity index (χ3v) is 10.4. The third-order valence-electron chi connectivity index (χ3n) is 8.17. The van der Waals surface area contributed by atoms with Gasteiger partial charge in [0.05, 0.1) is 24.6 Å². The van der Waals surface area contributed by atoms with Crippen LogP contribution in [0, 0.1) is 25.4 Å². The number of benzene rings is 5. The van der Waals surface area contributed by atoms with Gasteiger partial charge in [0.2, 0.25) is 6.33 Å². The van der Waals surface area contributed by atoms with Crippen molar-refractivity contribution in [2.45, 2.75) is 26.5 Å². The predicted octanol–water partition coefficient (Wildman–Crippen LogP) is 9.06. The van der Waals surface area contributed by atoms with Crippen LogP contribution in [0.1, 0.15) is 5.69 Å². The molecular weight excluding hydrogens is 800 g/mol. The number of hydrogen-bond acceptors (Lipinski definition) is 5. The number of fused-ring (bicyclic) bond motifs is 4. The Kier molecular flexibility index (Phi) is 7.59. The van der Waals surface area contributed by atoms with E-state index in [1.165, 1.54) is 9.79 Å². The van der Waals surface area contributed by atoms with Crippen LogP contribution in [0.3, 0.4) is 0 Å². The Morgan fingerprint density at radius 3 is 1.94 bits per heavy atom. The first kappa shape index (κ1) is 29.9. The molecule has 2 aliphatic heterocycles. The maximum Gasteiger partial charge on any atom is 0.241 e. The summed E-state index contributed by atoms with van der Waals surface area (Å²) < 4.78 is 6.07. The van der Waals surface area contributed by atoms with Gasteiger partial charge in [-0.15, -0.1) is 12.1 Å². The van der Waals surface area contributed by atoms with Gasteiger partial charge in [0.25, 0.3) is 0 Å². The van der Waals surface area contributed by atoms with Gasteiger partial charge in [-0.2, -0.15) is 47.8 Å². The minimum atomic E-state index is 0. The van der Waals surface area contributed by atoms with Gasteiger partial charge >= 0.3 is 0 Å². The molecule has 9 heteroatoms. The van der Waals surface area contributed by atoms with Crippen LogP contribution >= 0.6 is 23.5 Å². The molecule has 9 rings (SSSR count). The van der Waals surface area contributed by atoms with Crippen LogP contribution in [0.4, 0.5) is 34.3 Å².